The predicted molar refractivity (Wildman–Crippen MR) is 61.9 cm³/mol. The van der Waals surface area contributed by atoms with E-state index in [1.807, 2.05) is 0 Å². The van der Waals surface area contributed by atoms with Crippen LogP contribution < -0.4 is 0 Å². The first kappa shape index (κ1) is 13.4. The molecule has 1 saturated heterocycles. The molecule has 1 fully saturated rings. The fourth-order valence-electron chi connectivity index (χ4n) is 1.77. The van der Waals surface area contributed by atoms with Gasteiger partial charge in [0.2, 0.25) is 5.91 Å². The van der Waals surface area contributed by atoms with Gasteiger partial charge in [-0.3, -0.25) is 4.79 Å². The fourth-order valence-corrected chi connectivity index (χ4v) is 1.77. The van der Waals surface area contributed by atoms with Crippen LogP contribution in [-0.2, 0) is 11.0 Å². The highest BCUT2D eigenvalue weighted by atomic mass is 19.4. The molecule has 2 heterocycles. The molecule has 0 aliphatic carbocycles. The van der Waals surface area contributed by atoms with Crippen LogP contribution in [0.4, 0.5) is 13.2 Å². The Kier molecular flexibility index (Phi) is 3.74. The normalized spacial score (nSPS) is 15.3. The van der Waals surface area contributed by atoms with E-state index in [1.54, 1.807) is 4.90 Å². The maximum atomic E-state index is 12.5. The third-order valence-corrected chi connectivity index (χ3v) is 2.75. The molecule has 0 atom stereocenters. The molecule has 6 heteroatoms. The molecule has 0 radical (unpaired) electrons. The van der Waals surface area contributed by atoms with Gasteiger partial charge in [-0.1, -0.05) is 5.92 Å². The zero-order chi connectivity index (χ0) is 13.9. The zero-order valence-corrected chi connectivity index (χ0v) is 10.00. The van der Waals surface area contributed by atoms with E-state index < -0.39 is 11.7 Å². The maximum absolute atomic E-state index is 12.5. The third-order valence-electron chi connectivity index (χ3n) is 2.75. The highest BCUT2D eigenvalue weighted by Gasteiger charge is 2.30. The highest BCUT2D eigenvalue weighted by molar-refractivity contribution is 5.78. The average Bonchev–Trinajstić information content (AvgIpc) is 2.75. The third kappa shape index (κ3) is 3.47. The number of hydrogen-bond donors (Lipinski definition) is 0. The van der Waals surface area contributed by atoms with Gasteiger partial charge in [-0.15, -0.1) is 0 Å². The Morgan fingerprint density at radius 2 is 2.21 bits per heavy atom. The van der Waals surface area contributed by atoms with Crippen LogP contribution in [0, 0.1) is 11.8 Å². The van der Waals surface area contributed by atoms with Gasteiger partial charge in [0.15, 0.2) is 0 Å². The standard InChI is InChI=1S/C13H11F3N2O/c14-13(15,16)10-5-6-17-11(9-10)3-1-7-18-8-2-4-12(18)19/h5-6,9H,2,4,7-8H2. The van der Waals surface area contributed by atoms with E-state index in [-0.39, 0.29) is 18.1 Å². The van der Waals surface area contributed by atoms with Crippen molar-refractivity contribution in [2.45, 2.75) is 19.0 Å². The van der Waals surface area contributed by atoms with Gasteiger partial charge >= 0.3 is 6.18 Å². The number of carbonyl (C=O) groups is 1. The summed E-state index contributed by atoms with van der Waals surface area (Å²) in [6.45, 7) is 0.889. The topological polar surface area (TPSA) is 33.2 Å². The smallest absolute Gasteiger partial charge is 0.332 e. The van der Waals surface area contributed by atoms with Crippen LogP contribution in [-0.4, -0.2) is 28.9 Å². The first-order valence-corrected chi connectivity index (χ1v) is 5.77. The Hall–Kier alpha value is -2.03. The Balaban J connectivity index is 2.05. The van der Waals surface area contributed by atoms with Crippen LogP contribution in [0.25, 0.3) is 0 Å². The van der Waals surface area contributed by atoms with Crippen molar-refractivity contribution < 1.29 is 18.0 Å². The fraction of sp³-hybridized carbons (Fsp3) is 0.385. The van der Waals surface area contributed by atoms with Crippen molar-refractivity contribution in [2.75, 3.05) is 13.1 Å². The molecule has 0 spiro atoms. The van der Waals surface area contributed by atoms with Crippen molar-refractivity contribution in [2.24, 2.45) is 0 Å². The lowest BCUT2D eigenvalue weighted by molar-refractivity contribution is -0.137. The van der Waals surface area contributed by atoms with Gasteiger partial charge in [-0.2, -0.15) is 13.2 Å². The van der Waals surface area contributed by atoms with Crippen molar-refractivity contribution >= 4 is 5.91 Å². The van der Waals surface area contributed by atoms with Crippen molar-refractivity contribution in [1.82, 2.24) is 9.88 Å². The average molecular weight is 268 g/mol. The Bertz CT molecular complexity index is 543. The minimum atomic E-state index is -4.40. The van der Waals surface area contributed by atoms with Crippen LogP contribution in [0.1, 0.15) is 24.1 Å². The molecule has 2 rings (SSSR count). The minimum absolute atomic E-state index is 0.0336. The second-order valence-corrected chi connectivity index (χ2v) is 4.15. The molecule has 1 aliphatic heterocycles. The molecule has 1 amide bonds. The monoisotopic (exact) mass is 268 g/mol. The van der Waals surface area contributed by atoms with Crippen LogP contribution in [0.5, 0.6) is 0 Å². The van der Waals surface area contributed by atoms with E-state index in [0.717, 1.165) is 24.8 Å². The largest absolute Gasteiger partial charge is 0.416 e. The Labute approximate surface area is 108 Å². The Morgan fingerprint density at radius 1 is 1.42 bits per heavy atom. The van der Waals surface area contributed by atoms with Gasteiger partial charge in [-0.05, 0) is 24.5 Å². The van der Waals surface area contributed by atoms with Crippen LogP contribution in [0.15, 0.2) is 18.3 Å². The molecular weight excluding hydrogens is 257 g/mol. The summed E-state index contributed by atoms with van der Waals surface area (Å²) in [7, 11) is 0. The molecule has 3 nitrogen and oxygen atoms in total. The molecule has 19 heavy (non-hydrogen) atoms. The second-order valence-electron chi connectivity index (χ2n) is 4.15. The minimum Gasteiger partial charge on any atom is -0.332 e. The number of nitrogens with zero attached hydrogens (tertiary/aromatic N) is 2. The molecule has 0 saturated carbocycles. The van der Waals surface area contributed by atoms with Gasteiger partial charge in [0.05, 0.1) is 12.1 Å². The van der Waals surface area contributed by atoms with Gasteiger partial charge in [0, 0.05) is 19.2 Å². The number of aromatic nitrogens is 1. The number of amides is 1. The number of rotatable bonds is 1. The van der Waals surface area contributed by atoms with Crippen LogP contribution in [0.3, 0.4) is 0 Å². The first-order chi connectivity index (χ1) is 8.97. The van der Waals surface area contributed by atoms with Crippen molar-refractivity contribution in [3.63, 3.8) is 0 Å². The molecular formula is C13H11F3N2O. The van der Waals surface area contributed by atoms with Gasteiger partial charge in [-0.25, -0.2) is 4.98 Å². The van der Waals surface area contributed by atoms with Crippen molar-refractivity contribution in [3.8, 4) is 11.8 Å². The number of alkyl halides is 3. The summed E-state index contributed by atoms with van der Waals surface area (Å²) in [5, 5.41) is 0. The molecule has 1 aliphatic rings. The van der Waals surface area contributed by atoms with E-state index in [4.69, 9.17) is 0 Å². The lowest BCUT2D eigenvalue weighted by Crippen LogP contribution is -2.24. The Morgan fingerprint density at radius 3 is 2.84 bits per heavy atom. The number of likely N-dealkylation sites (tertiary alicyclic amines) is 1. The lowest BCUT2D eigenvalue weighted by Gasteiger charge is -2.10. The number of pyridine rings is 1. The molecule has 0 aromatic carbocycles. The number of carbonyl (C=O) groups excluding carboxylic acids is 1. The maximum Gasteiger partial charge on any atom is 0.416 e. The van der Waals surface area contributed by atoms with E-state index in [9.17, 15) is 18.0 Å². The van der Waals surface area contributed by atoms with E-state index >= 15 is 0 Å². The SMILES string of the molecule is O=C1CCCN1CC#Cc1cc(C(F)(F)F)ccn1. The summed E-state index contributed by atoms with van der Waals surface area (Å²) in [5.41, 5.74) is -0.717. The molecule has 1 aromatic rings. The lowest BCUT2D eigenvalue weighted by atomic mass is 10.2. The molecule has 0 N–H and O–H groups in total. The van der Waals surface area contributed by atoms with E-state index in [2.05, 4.69) is 16.8 Å². The molecule has 1 aromatic heterocycles. The van der Waals surface area contributed by atoms with E-state index in [1.165, 1.54) is 0 Å². The summed E-state index contributed by atoms with van der Waals surface area (Å²) in [4.78, 5) is 16.6. The molecule has 100 valence electrons. The van der Waals surface area contributed by atoms with Crippen molar-refractivity contribution in [1.29, 1.82) is 0 Å². The van der Waals surface area contributed by atoms with Crippen LogP contribution in [0.2, 0.25) is 0 Å². The molecule has 0 unspecified atom stereocenters. The first-order valence-electron chi connectivity index (χ1n) is 5.77. The molecule has 0 bridgehead atoms. The summed E-state index contributed by atoms with van der Waals surface area (Å²) in [6, 6.07) is 1.80. The van der Waals surface area contributed by atoms with Crippen molar-refractivity contribution in [3.05, 3.63) is 29.6 Å². The van der Waals surface area contributed by atoms with Crippen LogP contribution >= 0.6 is 0 Å². The number of halogens is 3. The quantitative estimate of drug-likeness (QED) is 0.731. The summed E-state index contributed by atoms with van der Waals surface area (Å²) in [5.74, 6) is 5.26. The van der Waals surface area contributed by atoms with Gasteiger partial charge in [0.25, 0.3) is 0 Å². The van der Waals surface area contributed by atoms with Gasteiger partial charge < -0.3 is 4.90 Å². The highest BCUT2D eigenvalue weighted by Crippen LogP contribution is 2.28. The van der Waals surface area contributed by atoms with E-state index in [0.29, 0.717) is 13.0 Å². The van der Waals surface area contributed by atoms with Gasteiger partial charge in [0.1, 0.15) is 5.69 Å². The predicted octanol–water partition coefficient (Wildman–Crippen LogP) is 2.07. The summed E-state index contributed by atoms with van der Waals surface area (Å²) >= 11 is 0. The summed E-state index contributed by atoms with van der Waals surface area (Å²) in [6.07, 6.45) is -2.00. The zero-order valence-electron chi connectivity index (χ0n) is 10.00. The summed E-state index contributed by atoms with van der Waals surface area (Å²) < 4.78 is 37.4. The number of hydrogen-bond acceptors (Lipinski definition) is 2. The second kappa shape index (κ2) is 5.31.